The van der Waals surface area contributed by atoms with E-state index in [0.29, 0.717) is 31.6 Å². The lowest BCUT2D eigenvalue weighted by atomic mass is 10.0. The van der Waals surface area contributed by atoms with Crippen LogP contribution < -0.4 is 0 Å². The largest absolute Gasteiger partial charge is 0.472 e. The molecule has 0 bridgehead atoms. The Labute approximate surface area is 562 Å². The Hall–Kier alpha value is -1.94. The first-order valence-corrected chi connectivity index (χ1v) is 40.8. The lowest BCUT2D eigenvalue weighted by Crippen LogP contribution is -2.30. The second-order valence-corrected chi connectivity index (χ2v) is 30.7. The first-order chi connectivity index (χ1) is 44.2. The monoisotopic (exact) mass is 1350 g/mol. The number of aliphatic hydroxyl groups excluding tert-OH is 1. The molecular formula is C73H142O17P2. The van der Waals surface area contributed by atoms with Gasteiger partial charge in [-0.25, -0.2) is 9.13 Å². The van der Waals surface area contributed by atoms with Crippen LogP contribution in [0.15, 0.2) is 0 Å². The summed E-state index contributed by atoms with van der Waals surface area (Å²) in [7, 11) is -9.91. The number of carbonyl (C=O) groups excluding carboxylic acids is 4. The van der Waals surface area contributed by atoms with Crippen LogP contribution in [0.2, 0.25) is 0 Å². The third-order valence-electron chi connectivity index (χ3n) is 16.9. The molecule has 5 atom stereocenters. The molecule has 2 unspecified atom stereocenters. The standard InChI is InChI=1S/C73H142O17P2/c1-8-9-10-11-12-13-14-15-18-21-26-33-40-47-54-70(75)83-60-68(89-72(77)56-49-42-34-27-22-19-16-17-20-24-30-37-44-51-64(2)3)62-87-91(79,80)85-58-67(74)59-86-92(81,82)88-63-69(61-84-71(76)55-48-41-36-29-32-39-46-53-66(6)7)90-73(78)57-50-43-35-28-23-25-31-38-45-52-65(4)5/h64-69,74H,8-63H2,1-7H3,(H,79,80)(H,81,82)/t67-,68-,69-/m1/s1. The highest BCUT2D eigenvalue weighted by Gasteiger charge is 2.30. The van der Waals surface area contributed by atoms with Crippen molar-refractivity contribution in [3.63, 3.8) is 0 Å². The summed E-state index contributed by atoms with van der Waals surface area (Å²) in [5.74, 6) is 0.106. The number of phosphoric acid groups is 2. The highest BCUT2D eigenvalue weighted by molar-refractivity contribution is 7.47. The molecule has 0 fully saturated rings. The second-order valence-electron chi connectivity index (χ2n) is 27.8. The van der Waals surface area contributed by atoms with Gasteiger partial charge in [0, 0.05) is 25.7 Å². The summed E-state index contributed by atoms with van der Waals surface area (Å²) >= 11 is 0. The maximum absolute atomic E-state index is 13.1. The molecule has 19 heteroatoms. The molecule has 17 nitrogen and oxygen atoms in total. The van der Waals surface area contributed by atoms with E-state index in [0.717, 1.165) is 108 Å². The molecule has 0 aromatic rings. The van der Waals surface area contributed by atoms with Crippen LogP contribution in [0.25, 0.3) is 0 Å². The van der Waals surface area contributed by atoms with Crippen molar-refractivity contribution in [2.24, 2.45) is 17.8 Å². The van der Waals surface area contributed by atoms with Gasteiger partial charge in [0.25, 0.3) is 0 Å². The molecule has 0 aliphatic rings. The van der Waals surface area contributed by atoms with Crippen LogP contribution in [0.5, 0.6) is 0 Å². The Bertz CT molecular complexity index is 1800. The molecule has 0 amide bonds. The van der Waals surface area contributed by atoms with Crippen molar-refractivity contribution < 1.29 is 80.2 Å². The number of rotatable bonds is 71. The van der Waals surface area contributed by atoms with Gasteiger partial charge in [0.1, 0.15) is 19.3 Å². The van der Waals surface area contributed by atoms with Crippen LogP contribution in [0.4, 0.5) is 0 Å². The number of aliphatic hydroxyl groups is 1. The smallest absolute Gasteiger partial charge is 0.462 e. The zero-order chi connectivity index (χ0) is 68.0. The molecule has 0 saturated carbocycles. The molecule has 0 rings (SSSR count). The molecule has 3 N–H and O–H groups in total. The van der Waals surface area contributed by atoms with Crippen LogP contribution in [0.1, 0.15) is 370 Å². The quantitative estimate of drug-likeness (QED) is 0.0222. The number of hydrogen-bond donors (Lipinski definition) is 3. The fourth-order valence-corrected chi connectivity index (χ4v) is 12.7. The molecule has 92 heavy (non-hydrogen) atoms. The summed E-state index contributed by atoms with van der Waals surface area (Å²) < 4.78 is 68.4. The lowest BCUT2D eigenvalue weighted by molar-refractivity contribution is -0.161. The predicted molar refractivity (Wildman–Crippen MR) is 372 cm³/mol. The Kier molecular flexibility index (Phi) is 62.4. The van der Waals surface area contributed by atoms with Gasteiger partial charge in [0.05, 0.1) is 26.4 Å². The summed E-state index contributed by atoms with van der Waals surface area (Å²) in [4.78, 5) is 72.7. The molecule has 546 valence electrons. The molecule has 0 aromatic heterocycles. The van der Waals surface area contributed by atoms with E-state index in [4.69, 9.17) is 37.0 Å². The van der Waals surface area contributed by atoms with Gasteiger partial charge in [-0.1, -0.05) is 318 Å². The molecule has 0 aliphatic carbocycles. The Morgan fingerprint density at radius 2 is 0.500 bits per heavy atom. The van der Waals surface area contributed by atoms with Crippen molar-refractivity contribution in [1.29, 1.82) is 0 Å². The van der Waals surface area contributed by atoms with E-state index in [1.807, 2.05) is 0 Å². The number of hydrogen-bond acceptors (Lipinski definition) is 15. The van der Waals surface area contributed by atoms with Crippen molar-refractivity contribution in [2.45, 2.75) is 388 Å². The maximum atomic E-state index is 13.1. The highest BCUT2D eigenvalue weighted by Crippen LogP contribution is 2.45. The zero-order valence-corrected chi connectivity index (χ0v) is 61.8. The average molecular weight is 1350 g/mol. The van der Waals surface area contributed by atoms with E-state index < -0.39 is 97.5 Å². The van der Waals surface area contributed by atoms with Gasteiger partial charge in [-0.2, -0.15) is 0 Å². The van der Waals surface area contributed by atoms with Crippen LogP contribution in [-0.4, -0.2) is 96.7 Å². The number of unbranched alkanes of at least 4 members (excludes halogenated alkanes) is 39. The van der Waals surface area contributed by atoms with Gasteiger partial charge in [-0.05, 0) is 43.4 Å². The molecular weight excluding hydrogens is 1210 g/mol. The van der Waals surface area contributed by atoms with Gasteiger partial charge in [-0.3, -0.25) is 37.3 Å². The summed E-state index contributed by atoms with van der Waals surface area (Å²) in [5, 5.41) is 10.6. The Morgan fingerprint density at radius 3 is 0.739 bits per heavy atom. The maximum Gasteiger partial charge on any atom is 0.472 e. The van der Waals surface area contributed by atoms with E-state index in [1.54, 1.807) is 0 Å². The minimum Gasteiger partial charge on any atom is -0.462 e. The molecule has 0 aromatic carbocycles. The van der Waals surface area contributed by atoms with Gasteiger partial charge >= 0.3 is 39.5 Å². The molecule has 0 heterocycles. The van der Waals surface area contributed by atoms with Gasteiger partial charge in [-0.15, -0.1) is 0 Å². The summed E-state index contributed by atoms with van der Waals surface area (Å²) in [6.45, 7) is 11.8. The summed E-state index contributed by atoms with van der Waals surface area (Å²) in [6, 6.07) is 0. The molecule has 0 aliphatic heterocycles. The fourth-order valence-electron chi connectivity index (χ4n) is 11.1. The van der Waals surface area contributed by atoms with Crippen LogP contribution in [0.3, 0.4) is 0 Å². The molecule has 0 spiro atoms. The van der Waals surface area contributed by atoms with Crippen LogP contribution in [-0.2, 0) is 65.4 Å². The number of carbonyl (C=O) groups is 4. The third-order valence-corrected chi connectivity index (χ3v) is 18.8. The van der Waals surface area contributed by atoms with Crippen molar-refractivity contribution in [1.82, 2.24) is 0 Å². The van der Waals surface area contributed by atoms with Crippen molar-refractivity contribution in [2.75, 3.05) is 39.6 Å². The summed E-state index contributed by atoms with van der Waals surface area (Å²) in [6.07, 6.45) is 48.6. The number of ether oxygens (including phenoxy) is 4. The minimum absolute atomic E-state index is 0.104. The predicted octanol–water partition coefficient (Wildman–Crippen LogP) is 21.0. The summed E-state index contributed by atoms with van der Waals surface area (Å²) in [5.41, 5.74) is 0. The first-order valence-electron chi connectivity index (χ1n) is 37.8. The SMILES string of the molecule is CCCCCCCCCCCCCCCCC(=O)OC[C@H](COP(=O)(O)OC[C@@H](O)COP(=O)(O)OC[C@@H](COC(=O)CCCCCCCCCC(C)C)OC(=O)CCCCCCCCCCCC(C)C)OC(=O)CCCCCCCCCCCCCCCC(C)C. The zero-order valence-electron chi connectivity index (χ0n) is 60.0. The molecule has 0 radical (unpaired) electrons. The van der Waals surface area contributed by atoms with Gasteiger partial charge < -0.3 is 33.8 Å². The van der Waals surface area contributed by atoms with Crippen LogP contribution >= 0.6 is 15.6 Å². The fraction of sp³-hybridized carbons (Fsp3) is 0.945. The topological polar surface area (TPSA) is 237 Å². The first kappa shape index (κ1) is 90.1. The average Bonchev–Trinajstić information content (AvgIpc) is 2.37. The van der Waals surface area contributed by atoms with Crippen LogP contribution in [0, 0.1) is 17.8 Å². The van der Waals surface area contributed by atoms with Crippen molar-refractivity contribution in [3.8, 4) is 0 Å². The van der Waals surface area contributed by atoms with Gasteiger partial charge in [0.15, 0.2) is 12.2 Å². The number of phosphoric ester groups is 2. The van der Waals surface area contributed by atoms with Crippen molar-refractivity contribution in [3.05, 3.63) is 0 Å². The van der Waals surface area contributed by atoms with Crippen molar-refractivity contribution >= 4 is 39.5 Å². The Morgan fingerprint density at radius 1 is 0.293 bits per heavy atom. The van der Waals surface area contributed by atoms with E-state index in [9.17, 15) is 43.2 Å². The third kappa shape index (κ3) is 66.7. The lowest BCUT2D eigenvalue weighted by Gasteiger charge is -2.21. The van der Waals surface area contributed by atoms with E-state index in [2.05, 4.69) is 48.5 Å². The normalized spacial score (nSPS) is 14.1. The second kappa shape index (κ2) is 63.8. The van der Waals surface area contributed by atoms with E-state index in [1.165, 1.54) is 173 Å². The van der Waals surface area contributed by atoms with E-state index >= 15 is 0 Å². The minimum atomic E-state index is -4.95. The highest BCUT2D eigenvalue weighted by atomic mass is 31.2. The number of esters is 4. The van der Waals surface area contributed by atoms with E-state index in [-0.39, 0.29) is 25.7 Å². The Balaban J connectivity index is 5.25. The van der Waals surface area contributed by atoms with Gasteiger partial charge in [0.2, 0.25) is 0 Å². The molecule has 0 saturated heterocycles.